The first-order chi connectivity index (χ1) is 12.3. The summed E-state index contributed by atoms with van der Waals surface area (Å²) in [5.41, 5.74) is 7.61. The molecule has 0 saturated carbocycles. The molecule has 0 amide bonds. The molecule has 0 N–H and O–H groups in total. The molecule has 0 fully saturated rings. The standard InChI is InChI=1S/C25H30/c1-4-10-19-17-18-25(23(12-6-3)21(19)11-5-2)24-16-9-14-20-13-7-8-15-22(20)24/h7-9,13-18H,4-6,10-12H2,1-3H3. The van der Waals surface area contributed by atoms with Crippen molar-refractivity contribution in [3.63, 3.8) is 0 Å². The van der Waals surface area contributed by atoms with E-state index in [4.69, 9.17) is 0 Å². The molecule has 0 aliphatic heterocycles. The minimum atomic E-state index is 1.17. The van der Waals surface area contributed by atoms with Crippen LogP contribution in [-0.4, -0.2) is 0 Å². The average Bonchev–Trinajstić information content (AvgIpc) is 2.64. The van der Waals surface area contributed by atoms with Gasteiger partial charge in [0.1, 0.15) is 0 Å². The van der Waals surface area contributed by atoms with E-state index >= 15 is 0 Å². The van der Waals surface area contributed by atoms with Gasteiger partial charge in [-0.15, -0.1) is 0 Å². The summed E-state index contributed by atoms with van der Waals surface area (Å²) in [4.78, 5) is 0. The Morgan fingerprint density at radius 1 is 0.560 bits per heavy atom. The molecule has 0 bridgehead atoms. The fraction of sp³-hybridized carbons (Fsp3) is 0.360. The Bertz CT molecular complexity index is 837. The van der Waals surface area contributed by atoms with Crippen molar-refractivity contribution in [2.24, 2.45) is 0 Å². The molecule has 25 heavy (non-hydrogen) atoms. The van der Waals surface area contributed by atoms with E-state index in [1.54, 1.807) is 16.7 Å². The van der Waals surface area contributed by atoms with E-state index in [9.17, 15) is 0 Å². The molecular weight excluding hydrogens is 300 g/mol. The summed E-state index contributed by atoms with van der Waals surface area (Å²) in [6.45, 7) is 6.89. The average molecular weight is 331 g/mol. The molecule has 3 aromatic rings. The van der Waals surface area contributed by atoms with E-state index in [1.807, 2.05) is 0 Å². The molecule has 0 aromatic heterocycles. The van der Waals surface area contributed by atoms with E-state index in [-0.39, 0.29) is 0 Å². The maximum absolute atomic E-state index is 2.39. The Balaban J connectivity index is 2.25. The van der Waals surface area contributed by atoms with Gasteiger partial charge in [-0.1, -0.05) is 94.6 Å². The molecule has 3 rings (SSSR count). The first-order valence-corrected chi connectivity index (χ1v) is 9.91. The fourth-order valence-electron chi connectivity index (χ4n) is 4.05. The lowest BCUT2D eigenvalue weighted by molar-refractivity contribution is 0.827. The zero-order valence-corrected chi connectivity index (χ0v) is 15.9. The van der Waals surface area contributed by atoms with E-state index in [0.717, 1.165) is 0 Å². The first-order valence-electron chi connectivity index (χ1n) is 9.91. The summed E-state index contributed by atoms with van der Waals surface area (Å²) >= 11 is 0. The quantitative estimate of drug-likeness (QED) is 0.424. The number of rotatable bonds is 7. The van der Waals surface area contributed by atoms with Crippen LogP contribution in [0.5, 0.6) is 0 Å². The highest BCUT2D eigenvalue weighted by atomic mass is 14.2. The van der Waals surface area contributed by atoms with Crippen molar-refractivity contribution in [3.8, 4) is 11.1 Å². The van der Waals surface area contributed by atoms with Crippen LogP contribution in [0.3, 0.4) is 0 Å². The molecule has 0 radical (unpaired) electrons. The summed E-state index contributed by atoms with van der Waals surface area (Å²) in [6.07, 6.45) is 7.20. The van der Waals surface area contributed by atoms with E-state index in [2.05, 4.69) is 75.4 Å². The molecule has 0 saturated heterocycles. The van der Waals surface area contributed by atoms with Gasteiger partial charge in [0.25, 0.3) is 0 Å². The lowest BCUT2D eigenvalue weighted by atomic mass is 9.85. The molecular formula is C25H30. The minimum absolute atomic E-state index is 1.17. The molecule has 130 valence electrons. The first kappa shape index (κ1) is 17.7. The van der Waals surface area contributed by atoms with E-state index in [1.165, 1.54) is 60.4 Å². The van der Waals surface area contributed by atoms with Crippen LogP contribution in [-0.2, 0) is 19.3 Å². The minimum Gasteiger partial charge on any atom is -0.0651 e. The van der Waals surface area contributed by atoms with Crippen LogP contribution in [0, 0.1) is 0 Å². The van der Waals surface area contributed by atoms with Gasteiger partial charge in [-0.3, -0.25) is 0 Å². The highest BCUT2D eigenvalue weighted by Gasteiger charge is 2.15. The van der Waals surface area contributed by atoms with Gasteiger partial charge in [-0.25, -0.2) is 0 Å². The van der Waals surface area contributed by atoms with Crippen molar-refractivity contribution in [2.75, 3.05) is 0 Å². The van der Waals surface area contributed by atoms with Crippen molar-refractivity contribution < 1.29 is 0 Å². The Kier molecular flexibility index (Phi) is 5.91. The highest BCUT2D eigenvalue weighted by Crippen LogP contribution is 2.35. The van der Waals surface area contributed by atoms with Crippen LogP contribution in [0.1, 0.15) is 56.7 Å². The molecule has 0 heterocycles. The van der Waals surface area contributed by atoms with Gasteiger partial charge in [0, 0.05) is 0 Å². The SMILES string of the molecule is CCCc1ccc(-c2cccc3ccccc23)c(CCC)c1CCC. The van der Waals surface area contributed by atoms with Gasteiger partial charge in [0.05, 0.1) is 0 Å². The van der Waals surface area contributed by atoms with Crippen molar-refractivity contribution in [1.29, 1.82) is 0 Å². The molecule has 3 aromatic carbocycles. The molecule has 0 atom stereocenters. The molecule has 0 aliphatic rings. The topological polar surface area (TPSA) is 0 Å². The second kappa shape index (κ2) is 8.34. The summed E-state index contributed by atoms with van der Waals surface area (Å²) in [5, 5.41) is 2.70. The predicted octanol–water partition coefficient (Wildman–Crippen LogP) is 7.36. The molecule has 0 nitrogen and oxygen atoms in total. The lowest BCUT2D eigenvalue weighted by Gasteiger charge is -2.20. The van der Waals surface area contributed by atoms with Crippen molar-refractivity contribution in [3.05, 3.63) is 71.3 Å². The van der Waals surface area contributed by atoms with Crippen LogP contribution in [0.2, 0.25) is 0 Å². The van der Waals surface area contributed by atoms with Crippen LogP contribution in [0.25, 0.3) is 21.9 Å². The summed E-state index contributed by atoms with van der Waals surface area (Å²) in [5.74, 6) is 0. The lowest BCUT2D eigenvalue weighted by Crippen LogP contribution is -2.03. The van der Waals surface area contributed by atoms with Crippen LogP contribution >= 0.6 is 0 Å². The molecule has 0 aliphatic carbocycles. The third-order valence-electron chi connectivity index (χ3n) is 5.13. The van der Waals surface area contributed by atoms with E-state index < -0.39 is 0 Å². The molecule has 0 heteroatoms. The Labute approximate surface area is 152 Å². The summed E-state index contributed by atoms with van der Waals surface area (Å²) < 4.78 is 0. The maximum atomic E-state index is 2.39. The summed E-state index contributed by atoms with van der Waals surface area (Å²) in [7, 11) is 0. The van der Waals surface area contributed by atoms with Gasteiger partial charge in [-0.2, -0.15) is 0 Å². The van der Waals surface area contributed by atoms with Gasteiger partial charge in [0.2, 0.25) is 0 Å². The highest BCUT2D eigenvalue weighted by molar-refractivity contribution is 5.97. The van der Waals surface area contributed by atoms with Crippen molar-refractivity contribution >= 4 is 10.8 Å². The normalized spacial score (nSPS) is 11.2. The van der Waals surface area contributed by atoms with Crippen molar-refractivity contribution in [2.45, 2.75) is 59.3 Å². The number of aryl methyl sites for hydroxylation is 1. The number of hydrogen-bond acceptors (Lipinski definition) is 0. The second-order valence-electron chi connectivity index (χ2n) is 7.01. The Hall–Kier alpha value is -2.08. The van der Waals surface area contributed by atoms with E-state index in [0.29, 0.717) is 0 Å². The van der Waals surface area contributed by atoms with Gasteiger partial charge >= 0.3 is 0 Å². The number of hydrogen-bond donors (Lipinski definition) is 0. The monoisotopic (exact) mass is 330 g/mol. The molecule has 0 spiro atoms. The fourth-order valence-corrected chi connectivity index (χ4v) is 4.05. The maximum Gasteiger partial charge on any atom is -0.0103 e. The second-order valence-corrected chi connectivity index (χ2v) is 7.01. The van der Waals surface area contributed by atoms with Crippen LogP contribution in [0.4, 0.5) is 0 Å². The predicted molar refractivity (Wildman–Crippen MR) is 111 cm³/mol. The van der Waals surface area contributed by atoms with Crippen LogP contribution < -0.4 is 0 Å². The third-order valence-corrected chi connectivity index (χ3v) is 5.13. The number of fused-ring (bicyclic) bond motifs is 1. The van der Waals surface area contributed by atoms with Crippen molar-refractivity contribution in [1.82, 2.24) is 0 Å². The van der Waals surface area contributed by atoms with Gasteiger partial charge in [-0.05, 0) is 57.9 Å². The number of benzene rings is 3. The zero-order chi connectivity index (χ0) is 17.6. The largest absolute Gasteiger partial charge is 0.0651 e. The van der Waals surface area contributed by atoms with Gasteiger partial charge in [0.15, 0.2) is 0 Å². The third kappa shape index (κ3) is 3.63. The smallest absolute Gasteiger partial charge is 0.0103 e. The zero-order valence-electron chi connectivity index (χ0n) is 15.9. The van der Waals surface area contributed by atoms with Gasteiger partial charge < -0.3 is 0 Å². The van der Waals surface area contributed by atoms with Crippen LogP contribution in [0.15, 0.2) is 54.6 Å². The Morgan fingerprint density at radius 3 is 2.00 bits per heavy atom. The molecule has 0 unspecified atom stereocenters. The summed E-state index contributed by atoms with van der Waals surface area (Å²) in [6, 6.07) is 20.3. The Morgan fingerprint density at radius 2 is 1.24 bits per heavy atom.